The van der Waals surface area contributed by atoms with E-state index in [1.165, 1.54) is 12.1 Å². The Morgan fingerprint density at radius 1 is 1.15 bits per heavy atom. The molecule has 0 amide bonds. The number of carboxylic acid groups (broad SMARTS) is 1. The highest BCUT2D eigenvalue weighted by Gasteiger charge is 2.13. The van der Waals surface area contributed by atoms with Crippen LogP contribution >= 0.6 is 0 Å². The number of benzene rings is 2. The van der Waals surface area contributed by atoms with Gasteiger partial charge in [-0.1, -0.05) is 0 Å². The number of anilines is 3. The minimum absolute atomic E-state index is 0.0222. The molecule has 104 valence electrons. The van der Waals surface area contributed by atoms with Crippen LogP contribution in [-0.4, -0.2) is 11.1 Å². The van der Waals surface area contributed by atoms with E-state index in [2.05, 4.69) is 5.32 Å². The lowest BCUT2D eigenvalue weighted by molar-refractivity contribution is 0.0698. The Hall–Kier alpha value is -2.70. The summed E-state index contributed by atoms with van der Waals surface area (Å²) in [5, 5.41) is 11.3. The summed E-state index contributed by atoms with van der Waals surface area (Å²) in [6.07, 6.45) is 0. The van der Waals surface area contributed by atoms with E-state index in [-0.39, 0.29) is 16.9 Å². The number of aromatic carboxylic acids is 1. The summed E-state index contributed by atoms with van der Waals surface area (Å²) in [5.41, 5.74) is 4.98. The molecule has 0 atom stereocenters. The van der Waals surface area contributed by atoms with Crippen molar-refractivity contribution >= 4 is 23.0 Å². The van der Waals surface area contributed by atoms with Crippen molar-refractivity contribution in [3.05, 3.63) is 53.3 Å². The molecule has 0 heterocycles. The average Bonchev–Trinajstić information content (AvgIpc) is 2.37. The molecule has 4 N–H and O–H groups in total. The van der Waals surface area contributed by atoms with Crippen LogP contribution in [0.5, 0.6) is 0 Å². The second kappa shape index (κ2) is 5.12. The lowest BCUT2D eigenvalue weighted by atomic mass is 10.1. The van der Waals surface area contributed by atoms with Crippen LogP contribution in [0.25, 0.3) is 0 Å². The first-order chi connectivity index (χ1) is 9.38. The van der Waals surface area contributed by atoms with Crippen molar-refractivity contribution in [3.8, 4) is 0 Å². The fourth-order valence-electron chi connectivity index (χ4n) is 1.62. The molecule has 0 aromatic heterocycles. The van der Waals surface area contributed by atoms with Crippen LogP contribution in [0.3, 0.4) is 0 Å². The zero-order chi connectivity index (χ0) is 14.9. The summed E-state index contributed by atoms with van der Waals surface area (Å²) in [6.45, 7) is 0. The highest BCUT2D eigenvalue weighted by molar-refractivity contribution is 5.95. The third-order valence-electron chi connectivity index (χ3n) is 2.56. The third-order valence-corrected chi connectivity index (χ3v) is 2.56. The van der Waals surface area contributed by atoms with Crippen LogP contribution in [0.4, 0.5) is 30.2 Å². The first-order valence-corrected chi connectivity index (χ1v) is 5.43. The topological polar surface area (TPSA) is 75.3 Å². The number of rotatable bonds is 3. The summed E-state index contributed by atoms with van der Waals surface area (Å²) in [7, 11) is 0. The number of nitrogen functional groups attached to an aromatic ring is 1. The molecular formula is C13H9F3N2O2. The average molecular weight is 282 g/mol. The lowest BCUT2D eigenvalue weighted by Crippen LogP contribution is -2.04. The molecule has 0 radical (unpaired) electrons. The summed E-state index contributed by atoms with van der Waals surface area (Å²) >= 11 is 0. The molecule has 0 spiro atoms. The Morgan fingerprint density at radius 2 is 1.85 bits per heavy atom. The number of nitrogens with two attached hydrogens (primary N) is 1. The van der Waals surface area contributed by atoms with Crippen molar-refractivity contribution in [3.63, 3.8) is 0 Å². The maximum absolute atomic E-state index is 13.5. The summed E-state index contributed by atoms with van der Waals surface area (Å²) in [5.74, 6) is -4.83. The molecule has 0 aliphatic rings. The van der Waals surface area contributed by atoms with Gasteiger partial charge in [0.15, 0.2) is 11.6 Å². The number of carboxylic acids is 1. The Balaban J connectivity index is 2.40. The lowest BCUT2D eigenvalue weighted by Gasteiger charge is -2.10. The second-order valence-corrected chi connectivity index (χ2v) is 3.98. The summed E-state index contributed by atoms with van der Waals surface area (Å²) in [6, 6.07) is 4.96. The van der Waals surface area contributed by atoms with Gasteiger partial charge in [-0.05, 0) is 18.2 Å². The number of hydrogen-bond donors (Lipinski definition) is 3. The van der Waals surface area contributed by atoms with Gasteiger partial charge in [-0.25, -0.2) is 18.0 Å². The van der Waals surface area contributed by atoms with Gasteiger partial charge >= 0.3 is 5.97 Å². The molecule has 2 rings (SSSR count). The smallest absolute Gasteiger partial charge is 0.337 e. The zero-order valence-corrected chi connectivity index (χ0v) is 9.95. The van der Waals surface area contributed by atoms with E-state index >= 15 is 0 Å². The van der Waals surface area contributed by atoms with E-state index in [0.717, 1.165) is 12.1 Å². The highest BCUT2D eigenvalue weighted by atomic mass is 19.2. The van der Waals surface area contributed by atoms with E-state index in [1.807, 2.05) is 0 Å². The zero-order valence-electron chi connectivity index (χ0n) is 9.95. The van der Waals surface area contributed by atoms with Crippen LogP contribution in [0.15, 0.2) is 30.3 Å². The van der Waals surface area contributed by atoms with E-state index in [0.29, 0.717) is 6.07 Å². The van der Waals surface area contributed by atoms with Crippen LogP contribution in [0.2, 0.25) is 0 Å². The minimum Gasteiger partial charge on any atom is -0.478 e. The van der Waals surface area contributed by atoms with Crippen LogP contribution in [-0.2, 0) is 0 Å². The molecule has 0 unspecified atom stereocenters. The molecule has 0 aliphatic carbocycles. The Bertz CT molecular complexity index is 690. The van der Waals surface area contributed by atoms with E-state index in [4.69, 9.17) is 10.8 Å². The van der Waals surface area contributed by atoms with Gasteiger partial charge in [0.05, 0.1) is 11.3 Å². The normalized spacial score (nSPS) is 10.3. The van der Waals surface area contributed by atoms with Crippen LogP contribution in [0, 0.1) is 17.5 Å². The molecule has 2 aromatic carbocycles. The van der Waals surface area contributed by atoms with Crippen molar-refractivity contribution in [2.24, 2.45) is 0 Å². The summed E-state index contributed by atoms with van der Waals surface area (Å²) in [4.78, 5) is 10.9. The maximum atomic E-state index is 13.5. The molecule has 0 saturated heterocycles. The Morgan fingerprint density at radius 3 is 2.50 bits per heavy atom. The van der Waals surface area contributed by atoms with Gasteiger partial charge in [0.1, 0.15) is 5.82 Å². The Kier molecular flexibility index (Phi) is 3.51. The maximum Gasteiger partial charge on any atom is 0.337 e. The molecule has 0 aliphatic heterocycles. The molecular weight excluding hydrogens is 273 g/mol. The van der Waals surface area contributed by atoms with Gasteiger partial charge in [0.25, 0.3) is 0 Å². The SMILES string of the molecule is Nc1ccc(Nc2cc(F)cc(F)c2F)cc1C(=O)O. The van der Waals surface area contributed by atoms with Gasteiger partial charge in [0, 0.05) is 23.5 Å². The second-order valence-electron chi connectivity index (χ2n) is 3.98. The fraction of sp³-hybridized carbons (Fsp3) is 0. The van der Waals surface area contributed by atoms with E-state index < -0.39 is 29.1 Å². The fourth-order valence-corrected chi connectivity index (χ4v) is 1.62. The quantitative estimate of drug-likeness (QED) is 0.597. The van der Waals surface area contributed by atoms with Crippen molar-refractivity contribution in [2.75, 3.05) is 11.1 Å². The highest BCUT2D eigenvalue weighted by Crippen LogP contribution is 2.25. The molecule has 2 aromatic rings. The first kappa shape index (κ1) is 13.7. The molecule has 0 fully saturated rings. The predicted molar refractivity (Wildman–Crippen MR) is 67.4 cm³/mol. The predicted octanol–water partition coefficient (Wildman–Crippen LogP) is 3.13. The van der Waals surface area contributed by atoms with Gasteiger partial charge in [-0.15, -0.1) is 0 Å². The van der Waals surface area contributed by atoms with Crippen molar-refractivity contribution in [1.82, 2.24) is 0 Å². The van der Waals surface area contributed by atoms with Crippen LogP contribution in [0.1, 0.15) is 10.4 Å². The molecule has 7 heteroatoms. The van der Waals surface area contributed by atoms with Crippen molar-refractivity contribution < 1.29 is 23.1 Å². The molecule has 0 bridgehead atoms. The van der Waals surface area contributed by atoms with Gasteiger partial charge < -0.3 is 16.2 Å². The summed E-state index contributed by atoms with van der Waals surface area (Å²) < 4.78 is 39.5. The first-order valence-electron chi connectivity index (χ1n) is 5.43. The van der Waals surface area contributed by atoms with E-state index in [1.54, 1.807) is 0 Å². The van der Waals surface area contributed by atoms with Gasteiger partial charge in [-0.2, -0.15) is 0 Å². The number of carbonyl (C=O) groups is 1. The number of hydrogen-bond acceptors (Lipinski definition) is 3. The number of halogens is 3. The van der Waals surface area contributed by atoms with E-state index in [9.17, 15) is 18.0 Å². The monoisotopic (exact) mass is 282 g/mol. The minimum atomic E-state index is -1.35. The van der Waals surface area contributed by atoms with Gasteiger partial charge in [0.2, 0.25) is 0 Å². The molecule has 20 heavy (non-hydrogen) atoms. The number of nitrogens with one attached hydrogen (secondary N) is 1. The third kappa shape index (κ3) is 2.66. The van der Waals surface area contributed by atoms with Crippen molar-refractivity contribution in [2.45, 2.75) is 0 Å². The Labute approximate surface area is 111 Å². The molecule has 0 saturated carbocycles. The standard InChI is InChI=1S/C13H9F3N2O2/c14-6-3-9(15)12(16)11(4-6)18-7-1-2-10(17)8(5-7)13(19)20/h1-5,18H,17H2,(H,19,20). The largest absolute Gasteiger partial charge is 0.478 e. The van der Waals surface area contributed by atoms with Crippen LogP contribution < -0.4 is 11.1 Å². The van der Waals surface area contributed by atoms with Crippen molar-refractivity contribution in [1.29, 1.82) is 0 Å². The molecule has 4 nitrogen and oxygen atoms in total. The van der Waals surface area contributed by atoms with Gasteiger partial charge in [-0.3, -0.25) is 0 Å².